The first-order valence-corrected chi connectivity index (χ1v) is 9.89. The third kappa shape index (κ3) is 4.43. The van der Waals surface area contributed by atoms with Crippen LogP contribution in [0.1, 0.15) is 46.0 Å². The minimum absolute atomic E-state index is 0.477. The molecule has 0 bridgehead atoms. The molecule has 0 aromatic rings. The lowest BCUT2D eigenvalue weighted by Gasteiger charge is -2.36. The van der Waals surface area contributed by atoms with E-state index in [2.05, 4.69) is 19.2 Å². The van der Waals surface area contributed by atoms with E-state index in [1.807, 2.05) is 0 Å². The van der Waals surface area contributed by atoms with E-state index in [1.165, 1.54) is 25.5 Å². The molecule has 1 heterocycles. The Bertz CT molecular complexity index is 410. The van der Waals surface area contributed by atoms with Crippen LogP contribution in [0.3, 0.4) is 0 Å². The summed E-state index contributed by atoms with van der Waals surface area (Å²) in [6, 6.07) is 0.625. The van der Waals surface area contributed by atoms with Gasteiger partial charge in [-0.2, -0.15) is 0 Å². The maximum Gasteiger partial charge on any atom is 0.211 e. The molecule has 20 heavy (non-hydrogen) atoms. The monoisotopic (exact) mass is 302 g/mol. The first-order valence-electron chi connectivity index (χ1n) is 8.04. The Hall–Kier alpha value is -0.130. The van der Waals surface area contributed by atoms with E-state index in [1.54, 1.807) is 4.31 Å². The van der Waals surface area contributed by atoms with Gasteiger partial charge in [0.25, 0.3) is 0 Å². The number of sulfonamides is 1. The summed E-state index contributed by atoms with van der Waals surface area (Å²) >= 11 is 0. The van der Waals surface area contributed by atoms with Crippen molar-refractivity contribution in [3.05, 3.63) is 0 Å². The van der Waals surface area contributed by atoms with Gasteiger partial charge in [0.05, 0.1) is 6.26 Å². The predicted octanol–water partition coefficient (Wildman–Crippen LogP) is 2.07. The molecule has 1 saturated carbocycles. The lowest BCUT2D eigenvalue weighted by molar-refractivity contribution is 0.202. The molecule has 4 atom stereocenters. The third-order valence-corrected chi connectivity index (χ3v) is 6.32. The van der Waals surface area contributed by atoms with Crippen molar-refractivity contribution in [2.45, 2.75) is 52.0 Å². The molecule has 2 rings (SSSR count). The van der Waals surface area contributed by atoms with E-state index < -0.39 is 10.0 Å². The first kappa shape index (κ1) is 16.2. The molecule has 0 aromatic carbocycles. The molecule has 1 aliphatic carbocycles. The molecular weight excluding hydrogens is 272 g/mol. The quantitative estimate of drug-likeness (QED) is 0.865. The minimum Gasteiger partial charge on any atom is -0.313 e. The van der Waals surface area contributed by atoms with Gasteiger partial charge in [-0.25, -0.2) is 12.7 Å². The zero-order valence-corrected chi connectivity index (χ0v) is 14.0. The van der Waals surface area contributed by atoms with Crippen molar-refractivity contribution in [2.24, 2.45) is 17.8 Å². The highest BCUT2D eigenvalue weighted by atomic mass is 32.2. The highest BCUT2D eigenvalue weighted by molar-refractivity contribution is 7.88. The van der Waals surface area contributed by atoms with Crippen LogP contribution in [0.25, 0.3) is 0 Å². The number of rotatable bonds is 4. The van der Waals surface area contributed by atoms with Crippen molar-refractivity contribution in [3.8, 4) is 0 Å². The fourth-order valence-corrected chi connectivity index (χ4v) is 4.72. The average molecular weight is 302 g/mol. The molecule has 4 unspecified atom stereocenters. The van der Waals surface area contributed by atoms with Crippen LogP contribution >= 0.6 is 0 Å². The maximum atomic E-state index is 11.6. The second kappa shape index (κ2) is 6.75. The van der Waals surface area contributed by atoms with Gasteiger partial charge >= 0.3 is 0 Å². The zero-order chi connectivity index (χ0) is 14.8. The highest BCUT2D eigenvalue weighted by Crippen LogP contribution is 2.29. The number of nitrogens with one attached hydrogen (secondary N) is 1. The van der Waals surface area contributed by atoms with Crippen molar-refractivity contribution in [2.75, 3.05) is 25.9 Å². The molecular formula is C15H30N2O2S. The molecule has 0 radical (unpaired) electrons. The molecule has 118 valence electrons. The van der Waals surface area contributed by atoms with E-state index in [-0.39, 0.29) is 0 Å². The van der Waals surface area contributed by atoms with Gasteiger partial charge in [0.15, 0.2) is 0 Å². The van der Waals surface area contributed by atoms with Gasteiger partial charge in [-0.3, -0.25) is 0 Å². The van der Waals surface area contributed by atoms with Crippen LogP contribution < -0.4 is 5.32 Å². The topological polar surface area (TPSA) is 49.4 Å². The highest BCUT2D eigenvalue weighted by Gasteiger charge is 2.28. The van der Waals surface area contributed by atoms with Crippen LogP contribution in [0.5, 0.6) is 0 Å². The van der Waals surface area contributed by atoms with Gasteiger partial charge in [0.1, 0.15) is 0 Å². The lowest BCUT2D eigenvalue weighted by atomic mass is 9.79. The minimum atomic E-state index is -3.01. The normalized spacial score (nSPS) is 37.0. The van der Waals surface area contributed by atoms with Gasteiger partial charge in [-0.05, 0) is 56.4 Å². The van der Waals surface area contributed by atoms with E-state index >= 15 is 0 Å². The SMILES string of the molecule is CC1CCC(NCC2CCCN(S(C)(=O)=O)C2)C(C)C1. The number of piperidine rings is 1. The molecule has 1 saturated heterocycles. The van der Waals surface area contributed by atoms with Crippen LogP contribution in [0.15, 0.2) is 0 Å². The fraction of sp³-hybridized carbons (Fsp3) is 1.00. The summed E-state index contributed by atoms with van der Waals surface area (Å²) in [5, 5.41) is 3.71. The molecule has 4 nitrogen and oxygen atoms in total. The molecule has 2 fully saturated rings. The summed E-state index contributed by atoms with van der Waals surface area (Å²) in [6.07, 6.45) is 7.38. The van der Waals surface area contributed by atoms with Crippen molar-refractivity contribution in [1.29, 1.82) is 0 Å². The maximum absolute atomic E-state index is 11.6. The van der Waals surface area contributed by atoms with Crippen molar-refractivity contribution >= 4 is 10.0 Å². The summed E-state index contributed by atoms with van der Waals surface area (Å²) in [7, 11) is -3.01. The molecule has 0 spiro atoms. The first-order chi connectivity index (χ1) is 9.36. The Balaban J connectivity index is 1.79. The van der Waals surface area contributed by atoms with Crippen molar-refractivity contribution in [3.63, 3.8) is 0 Å². The van der Waals surface area contributed by atoms with Crippen LogP contribution in [0.2, 0.25) is 0 Å². The van der Waals surface area contributed by atoms with E-state index in [0.29, 0.717) is 25.0 Å². The second-order valence-electron chi connectivity index (χ2n) is 7.04. The summed E-state index contributed by atoms with van der Waals surface area (Å²) in [6.45, 7) is 7.06. The van der Waals surface area contributed by atoms with Crippen molar-refractivity contribution < 1.29 is 8.42 Å². The van der Waals surface area contributed by atoms with Crippen LogP contribution in [0.4, 0.5) is 0 Å². The average Bonchev–Trinajstić information content (AvgIpc) is 2.37. The predicted molar refractivity (Wildman–Crippen MR) is 83.1 cm³/mol. The number of hydrogen-bond acceptors (Lipinski definition) is 3. The van der Waals surface area contributed by atoms with Crippen LogP contribution in [0, 0.1) is 17.8 Å². The van der Waals surface area contributed by atoms with Gasteiger partial charge in [-0.1, -0.05) is 13.8 Å². The Kier molecular flexibility index (Phi) is 5.49. The smallest absolute Gasteiger partial charge is 0.211 e. The van der Waals surface area contributed by atoms with Gasteiger partial charge < -0.3 is 5.32 Å². The molecule has 2 aliphatic rings. The number of hydrogen-bond donors (Lipinski definition) is 1. The largest absolute Gasteiger partial charge is 0.313 e. The van der Waals surface area contributed by atoms with Gasteiger partial charge in [0.2, 0.25) is 10.0 Å². The Morgan fingerprint density at radius 3 is 2.60 bits per heavy atom. The van der Waals surface area contributed by atoms with Gasteiger partial charge in [-0.15, -0.1) is 0 Å². The van der Waals surface area contributed by atoms with E-state index in [0.717, 1.165) is 31.2 Å². The molecule has 5 heteroatoms. The third-order valence-electron chi connectivity index (χ3n) is 5.05. The molecule has 1 N–H and O–H groups in total. The summed E-state index contributed by atoms with van der Waals surface area (Å²) in [5.41, 5.74) is 0. The van der Waals surface area contributed by atoms with Gasteiger partial charge in [0, 0.05) is 19.1 Å². The van der Waals surface area contributed by atoms with Crippen molar-refractivity contribution in [1.82, 2.24) is 9.62 Å². The molecule has 0 aromatic heterocycles. The standard InChI is InChI=1S/C15H30N2O2S/c1-12-6-7-15(13(2)9-12)16-10-14-5-4-8-17(11-14)20(3,18)19/h12-16H,4-11H2,1-3H3. The second-order valence-corrected chi connectivity index (χ2v) is 9.02. The summed E-state index contributed by atoms with van der Waals surface area (Å²) in [5.74, 6) is 2.08. The Labute approximate surface area is 124 Å². The number of nitrogens with zero attached hydrogens (tertiary/aromatic N) is 1. The van der Waals surface area contributed by atoms with E-state index in [4.69, 9.17) is 0 Å². The van der Waals surface area contributed by atoms with Crippen LogP contribution in [-0.2, 0) is 10.0 Å². The van der Waals surface area contributed by atoms with Crippen LogP contribution in [-0.4, -0.2) is 44.7 Å². The summed E-state index contributed by atoms with van der Waals surface area (Å²) < 4.78 is 24.9. The molecule has 0 amide bonds. The summed E-state index contributed by atoms with van der Waals surface area (Å²) in [4.78, 5) is 0. The Morgan fingerprint density at radius 2 is 1.95 bits per heavy atom. The lowest BCUT2D eigenvalue weighted by Crippen LogP contribution is -2.46. The molecule has 1 aliphatic heterocycles. The van der Waals surface area contributed by atoms with E-state index in [9.17, 15) is 8.42 Å². The fourth-order valence-electron chi connectivity index (χ4n) is 3.78. The Morgan fingerprint density at radius 1 is 1.20 bits per heavy atom. The zero-order valence-electron chi connectivity index (χ0n) is 13.1.